The Balaban J connectivity index is 1.13. The van der Waals surface area contributed by atoms with E-state index in [2.05, 4.69) is 204 Å². The SMILES string of the molecule is c1ccc(-n2c3ccccc3c3ccc(N(c4ccc(-c5cccc6ccccc56)cc4)c4ccccc4-c4ccc5c(c4)oc4ccccc45)cc32)cc1. The molecule has 0 spiro atoms. The summed E-state index contributed by atoms with van der Waals surface area (Å²) < 4.78 is 8.77. The Morgan fingerprint density at radius 1 is 0.364 bits per heavy atom. The summed E-state index contributed by atoms with van der Waals surface area (Å²) in [6.07, 6.45) is 0. The fourth-order valence-corrected chi connectivity index (χ4v) is 8.45. The van der Waals surface area contributed by atoms with Crippen molar-refractivity contribution in [3.63, 3.8) is 0 Å². The molecule has 11 rings (SSSR count). The van der Waals surface area contributed by atoms with E-state index in [-0.39, 0.29) is 0 Å². The van der Waals surface area contributed by atoms with Crippen LogP contribution >= 0.6 is 0 Å². The molecule has 0 bridgehead atoms. The number of nitrogens with zero attached hydrogens (tertiary/aromatic N) is 2. The summed E-state index contributed by atoms with van der Waals surface area (Å²) in [4.78, 5) is 2.40. The van der Waals surface area contributed by atoms with Crippen molar-refractivity contribution in [3.8, 4) is 27.9 Å². The van der Waals surface area contributed by atoms with E-state index in [1.54, 1.807) is 0 Å². The number of para-hydroxylation sites is 4. The van der Waals surface area contributed by atoms with Gasteiger partial charge in [-0.05, 0) is 94.2 Å². The molecule has 2 aromatic heterocycles. The number of aromatic nitrogens is 1. The van der Waals surface area contributed by atoms with Gasteiger partial charge in [-0.15, -0.1) is 0 Å². The average molecular weight is 703 g/mol. The summed E-state index contributed by atoms with van der Waals surface area (Å²) in [5.74, 6) is 0. The maximum atomic E-state index is 6.39. The summed E-state index contributed by atoms with van der Waals surface area (Å²) >= 11 is 0. The summed E-state index contributed by atoms with van der Waals surface area (Å²) in [6, 6.07) is 74.0. The van der Waals surface area contributed by atoms with Crippen LogP contribution in [0.4, 0.5) is 17.1 Å². The lowest BCUT2D eigenvalue weighted by Crippen LogP contribution is -2.11. The minimum Gasteiger partial charge on any atom is -0.456 e. The van der Waals surface area contributed by atoms with Gasteiger partial charge >= 0.3 is 0 Å². The van der Waals surface area contributed by atoms with Crippen molar-refractivity contribution in [2.24, 2.45) is 0 Å². The first-order valence-electron chi connectivity index (χ1n) is 18.8. The highest BCUT2D eigenvalue weighted by Gasteiger charge is 2.21. The molecule has 11 aromatic rings. The van der Waals surface area contributed by atoms with Crippen molar-refractivity contribution < 1.29 is 4.42 Å². The summed E-state index contributed by atoms with van der Waals surface area (Å²) in [5, 5.41) is 7.20. The lowest BCUT2D eigenvalue weighted by atomic mass is 9.97. The molecule has 2 heterocycles. The normalized spacial score (nSPS) is 11.6. The van der Waals surface area contributed by atoms with Crippen molar-refractivity contribution in [3.05, 3.63) is 206 Å². The van der Waals surface area contributed by atoms with Crippen LogP contribution in [0.25, 0.3) is 82.5 Å². The predicted molar refractivity (Wildman–Crippen MR) is 231 cm³/mol. The highest BCUT2D eigenvalue weighted by atomic mass is 16.3. The molecule has 0 aliphatic rings. The van der Waals surface area contributed by atoms with Crippen LogP contribution in [0.15, 0.2) is 211 Å². The third-order valence-electron chi connectivity index (χ3n) is 11.0. The predicted octanol–water partition coefficient (Wildman–Crippen LogP) is 14.6. The second kappa shape index (κ2) is 12.6. The van der Waals surface area contributed by atoms with Crippen molar-refractivity contribution >= 4 is 71.6 Å². The highest BCUT2D eigenvalue weighted by Crippen LogP contribution is 2.44. The molecule has 258 valence electrons. The summed E-state index contributed by atoms with van der Waals surface area (Å²) in [7, 11) is 0. The van der Waals surface area contributed by atoms with Gasteiger partial charge in [0.25, 0.3) is 0 Å². The summed E-state index contributed by atoms with van der Waals surface area (Å²) in [5.41, 5.74) is 13.1. The molecular weight excluding hydrogens is 669 g/mol. The Morgan fingerprint density at radius 3 is 1.87 bits per heavy atom. The standard InChI is InChI=1S/C52H34N2O/c1-2-15-38(16-3-1)54-49-23-10-7-19-44(49)45-32-30-40(34-50(45)54)53(39-28-25-36(26-29-39)42-21-12-14-35-13-4-5-17-41(35)42)48-22-9-6-18-43(48)37-27-31-47-46-20-8-11-24-51(46)55-52(47)33-37/h1-34H. The van der Waals surface area contributed by atoms with Crippen LogP contribution in [-0.4, -0.2) is 4.57 Å². The molecule has 55 heavy (non-hydrogen) atoms. The Kier molecular flexibility index (Phi) is 7.17. The van der Waals surface area contributed by atoms with E-state index >= 15 is 0 Å². The lowest BCUT2D eigenvalue weighted by Gasteiger charge is -2.28. The molecule has 0 aliphatic heterocycles. The molecule has 0 unspecified atom stereocenters. The van der Waals surface area contributed by atoms with E-state index in [1.165, 1.54) is 38.2 Å². The highest BCUT2D eigenvalue weighted by molar-refractivity contribution is 6.11. The molecule has 0 atom stereocenters. The van der Waals surface area contributed by atoms with Crippen molar-refractivity contribution in [2.45, 2.75) is 0 Å². The van der Waals surface area contributed by atoms with Gasteiger partial charge in [0.15, 0.2) is 0 Å². The van der Waals surface area contributed by atoms with Crippen LogP contribution in [0.1, 0.15) is 0 Å². The minimum absolute atomic E-state index is 0.883. The smallest absolute Gasteiger partial charge is 0.136 e. The van der Waals surface area contributed by atoms with Gasteiger partial charge in [0, 0.05) is 44.2 Å². The number of hydrogen-bond donors (Lipinski definition) is 0. The second-order valence-corrected chi connectivity index (χ2v) is 14.1. The van der Waals surface area contributed by atoms with Gasteiger partial charge in [0.1, 0.15) is 11.2 Å². The quantitative estimate of drug-likeness (QED) is 0.172. The van der Waals surface area contributed by atoms with E-state index < -0.39 is 0 Å². The summed E-state index contributed by atoms with van der Waals surface area (Å²) in [6.45, 7) is 0. The van der Waals surface area contributed by atoms with Gasteiger partial charge in [0.2, 0.25) is 0 Å². The first-order chi connectivity index (χ1) is 27.3. The third-order valence-corrected chi connectivity index (χ3v) is 11.0. The molecular formula is C52H34N2O. The molecule has 3 nitrogen and oxygen atoms in total. The van der Waals surface area contributed by atoms with E-state index in [1.807, 2.05) is 12.1 Å². The molecule has 0 saturated carbocycles. The van der Waals surface area contributed by atoms with Gasteiger partial charge in [-0.1, -0.05) is 140 Å². The number of benzene rings is 9. The van der Waals surface area contributed by atoms with Crippen molar-refractivity contribution in [1.82, 2.24) is 4.57 Å². The van der Waals surface area contributed by atoms with Crippen LogP contribution in [-0.2, 0) is 0 Å². The molecule has 9 aromatic carbocycles. The molecule has 0 saturated heterocycles. The van der Waals surface area contributed by atoms with E-state index in [9.17, 15) is 0 Å². The first kappa shape index (κ1) is 31.2. The molecule has 3 heteroatoms. The van der Waals surface area contributed by atoms with Crippen LogP contribution < -0.4 is 4.90 Å². The van der Waals surface area contributed by atoms with Crippen LogP contribution in [0.5, 0.6) is 0 Å². The largest absolute Gasteiger partial charge is 0.456 e. The van der Waals surface area contributed by atoms with Crippen molar-refractivity contribution in [1.29, 1.82) is 0 Å². The lowest BCUT2D eigenvalue weighted by molar-refractivity contribution is 0.669. The van der Waals surface area contributed by atoms with Crippen LogP contribution in [0.2, 0.25) is 0 Å². The molecule has 0 aliphatic carbocycles. The van der Waals surface area contributed by atoms with E-state index in [0.29, 0.717) is 0 Å². The maximum Gasteiger partial charge on any atom is 0.136 e. The van der Waals surface area contributed by atoms with E-state index in [4.69, 9.17) is 4.42 Å². The number of hydrogen-bond acceptors (Lipinski definition) is 2. The molecule has 0 fully saturated rings. The molecule has 0 amide bonds. The zero-order valence-corrected chi connectivity index (χ0v) is 29.9. The number of furan rings is 1. The van der Waals surface area contributed by atoms with Gasteiger partial charge in [-0.2, -0.15) is 0 Å². The minimum atomic E-state index is 0.883. The Hall–Kier alpha value is -7.36. The Bertz CT molecular complexity index is 3200. The van der Waals surface area contributed by atoms with Gasteiger partial charge in [-0.25, -0.2) is 0 Å². The van der Waals surface area contributed by atoms with Gasteiger partial charge < -0.3 is 13.9 Å². The molecule has 0 radical (unpaired) electrons. The second-order valence-electron chi connectivity index (χ2n) is 14.1. The first-order valence-corrected chi connectivity index (χ1v) is 18.8. The van der Waals surface area contributed by atoms with Gasteiger partial charge in [-0.3, -0.25) is 0 Å². The van der Waals surface area contributed by atoms with Gasteiger partial charge in [0.05, 0.1) is 16.7 Å². The zero-order chi connectivity index (χ0) is 36.3. The molecule has 0 N–H and O–H groups in total. The third kappa shape index (κ3) is 5.13. The van der Waals surface area contributed by atoms with Crippen LogP contribution in [0, 0.1) is 0 Å². The number of anilines is 3. The topological polar surface area (TPSA) is 21.3 Å². The zero-order valence-electron chi connectivity index (χ0n) is 29.9. The Labute approximate surface area is 318 Å². The number of rotatable bonds is 6. The average Bonchev–Trinajstić information content (AvgIpc) is 3.79. The van der Waals surface area contributed by atoms with Crippen LogP contribution in [0.3, 0.4) is 0 Å². The monoisotopic (exact) mass is 702 g/mol. The Morgan fingerprint density at radius 2 is 0.982 bits per heavy atom. The van der Waals surface area contributed by atoms with Crippen molar-refractivity contribution in [2.75, 3.05) is 4.90 Å². The fraction of sp³-hybridized carbons (Fsp3) is 0. The number of fused-ring (bicyclic) bond motifs is 7. The van der Waals surface area contributed by atoms with E-state index in [0.717, 1.165) is 61.3 Å². The fourth-order valence-electron chi connectivity index (χ4n) is 8.45. The maximum absolute atomic E-state index is 6.39.